The fourth-order valence-electron chi connectivity index (χ4n) is 1.60. The molecule has 0 bridgehead atoms. The van der Waals surface area contributed by atoms with Crippen LogP contribution < -0.4 is 16.2 Å². The first-order chi connectivity index (χ1) is 8.69. The lowest BCUT2D eigenvalue weighted by Crippen LogP contribution is -2.27. The summed E-state index contributed by atoms with van der Waals surface area (Å²) in [7, 11) is 0. The number of nitrogens with one attached hydrogen (secondary N) is 1. The summed E-state index contributed by atoms with van der Waals surface area (Å²) in [6, 6.07) is 7.86. The number of hydrogen-bond donors (Lipinski definition) is 2. The third-order valence-electron chi connectivity index (χ3n) is 2.80. The summed E-state index contributed by atoms with van der Waals surface area (Å²) in [4.78, 5) is 15.5. The summed E-state index contributed by atoms with van der Waals surface area (Å²) < 4.78 is 5.61. The van der Waals surface area contributed by atoms with Crippen molar-refractivity contribution in [1.29, 1.82) is 0 Å². The molecule has 0 fully saturated rings. The van der Waals surface area contributed by atoms with E-state index in [1.807, 2.05) is 29.9 Å². The highest BCUT2D eigenvalue weighted by Gasteiger charge is 2.10. The lowest BCUT2D eigenvalue weighted by molar-refractivity contribution is -0.151. The molecule has 100 valence electrons. The third-order valence-corrected chi connectivity index (χ3v) is 2.80. The predicted molar refractivity (Wildman–Crippen MR) is 68.7 cm³/mol. The van der Waals surface area contributed by atoms with Crippen LogP contribution in [0.25, 0.3) is 0 Å². The second kappa shape index (κ2) is 7.68. The van der Waals surface area contributed by atoms with Crippen molar-refractivity contribution in [3.05, 3.63) is 29.8 Å². The second-order valence-corrected chi connectivity index (χ2v) is 4.04. The van der Waals surface area contributed by atoms with Gasteiger partial charge >= 0.3 is 5.97 Å². The molecule has 1 unspecified atom stereocenters. The van der Waals surface area contributed by atoms with Crippen molar-refractivity contribution in [2.45, 2.75) is 32.6 Å². The summed E-state index contributed by atoms with van der Waals surface area (Å²) in [6.45, 7) is 4.55. The van der Waals surface area contributed by atoms with Crippen LogP contribution >= 0.6 is 0 Å². The number of hydrazine groups is 1. The first kappa shape index (κ1) is 14.5. The molecule has 0 aliphatic heterocycles. The minimum absolute atomic E-state index is 0.152. The molecular formula is C13H20N2O3. The SMILES string of the molecule is CCC(C)c1ccccc1OCCC(=O)ONN. The van der Waals surface area contributed by atoms with Gasteiger partial charge in [-0.2, -0.15) is 0 Å². The fourth-order valence-corrected chi connectivity index (χ4v) is 1.60. The molecule has 0 aliphatic carbocycles. The minimum atomic E-state index is -0.446. The van der Waals surface area contributed by atoms with Crippen LogP contribution in [0, 0.1) is 0 Å². The largest absolute Gasteiger partial charge is 0.493 e. The van der Waals surface area contributed by atoms with E-state index in [9.17, 15) is 4.79 Å². The van der Waals surface area contributed by atoms with Crippen molar-refractivity contribution in [2.24, 2.45) is 5.84 Å². The lowest BCUT2D eigenvalue weighted by atomic mass is 9.98. The van der Waals surface area contributed by atoms with E-state index < -0.39 is 5.97 Å². The Hall–Kier alpha value is -1.59. The molecule has 0 spiro atoms. The molecule has 0 saturated carbocycles. The quantitative estimate of drug-likeness (QED) is 0.572. The maximum atomic E-state index is 11.1. The zero-order valence-corrected chi connectivity index (χ0v) is 10.8. The molecule has 1 atom stereocenters. The van der Waals surface area contributed by atoms with Crippen LogP contribution in [-0.4, -0.2) is 12.6 Å². The average Bonchev–Trinajstić information content (AvgIpc) is 2.39. The van der Waals surface area contributed by atoms with Gasteiger partial charge in [0.2, 0.25) is 0 Å². The van der Waals surface area contributed by atoms with Crippen molar-refractivity contribution >= 4 is 5.97 Å². The standard InChI is InChI=1S/C13H20N2O3/c1-3-10(2)11-6-4-5-7-12(11)17-9-8-13(16)18-15-14/h4-7,10,15H,3,8-9,14H2,1-2H3. The first-order valence-corrected chi connectivity index (χ1v) is 6.06. The Morgan fingerprint density at radius 2 is 2.17 bits per heavy atom. The predicted octanol–water partition coefficient (Wildman–Crippen LogP) is 1.89. The molecular weight excluding hydrogens is 232 g/mol. The van der Waals surface area contributed by atoms with Gasteiger partial charge in [0.25, 0.3) is 0 Å². The minimum Gasteiger partial charge on any atom is -0.493 e. The van der Waals surface area contributed by atoms with Crippen LogP contribution in [0.1, 0.15) is 38.2 Å². The number of benzene rings is 1. The molecule has 5 heteroatoms. The van der Waals surface area contributed by atoms with E-state index in [0.717, 1.165) is 17.7 Å². The zero-order valence-electron chi connectivity index (χ0n) is 10.8. The second-order valence-electron chi connectivity index (χ2n) is 4.04. The molecule has 0 aliphatic rings. The summed E-state index contributed by atoms with van der Waals surface area (Å²) >= 11 is 0. The molecule has 1 aromatic rings. The Labute approximate surface area is 107 Å². The zero-order chi connectivity index (χ0) is 13.4. The highest BCUT2D eigenvalue weighted by atomic mass is 16.7. The van der Waals surface area contributed by atoms with E-state index in [1.54, 1.807) is 0 Å². The molecule has 1 aromatic carbocycles. The van der Waals surface area contributed by atoms with Gasteiger partial charge < -0.3 is 9.57 Å². The highest BCUT2D eigenvalue weighted by Crippen LogP contribution is 2.28. The normalized spacial score (nSPS) is 11.9. The van der Waals surface area contributed by atoms with Crippen LogP contribution in [0.3, 0.4) is 0 Å². The van der Waals surface area contributed by atoms with Crippen molar-refractivity contribution in [1.82, 2.24) is 5.59 Å². The van der Waals surface area contributed by atoms with E-state index in [2.05, 4.69) is 18.7 Å². The molecule has 0 aromatic heterocycles. The van der Waals surface area contributed by atoms with Crippen molar-refractivity contribution in [3.63, 3.8) is 0 Å². The van der Waals surface area contributed by atoms with Gasteiger partial charge in [-0.1, -0.05) is 37.6 Å². The number of para-hydroxylation sites is 1. The smallest absolute Gasteiger partial charge is 0.329 e. The van der Waals surface area contributed by atoms with Gasteiger partial charge in [0.15, 0.2) is 0 Å². The number of ether oxygens (including phenoxy) is 1. The molecule has 0 heterocycles. The molecule has 18 heavy (non-hydrogen) atoms. The van der Waals surface area contributed by atoms with Gasteiger partial charge in [-0.05, 0) is 24.0 Å². The van der Waals surface area contributed by atoms with Crippen molar-refractivity contribution in [3.8, 4) is 5.75 Å². The van der Waals surface area contributed by atoms with Gasteiger partial charge in [-0.3, -0.25) is 4.79 Å². The van der Waals surface area contributed by atoms with Gasteiger partial charge in [0.05, 0.1) is 13.0 Å². The van der Waals surface area contributed by atoms with Crippen LogP contribution in [-0.2, 0) is 9.63 Å². The van der Waals surface area contributed by atoms with Crippen LogP contribution in [0.15, 0.2) is 24.3 Å². The van der Waals surface area contributed by atoms with Gasteiger partial charge in [-0.15, -0.1) is 0 Å². The fraction of sp³-hybridized carbons (Fsp3) is 0.462. The summed E-state index contributed by atoms with van der Waals surface area (Å²) in [5, 5.41) is 0. The maximum absolute atomic E-state index is 11.1. The van der Waals surface area contributed by atoms with E-state index in [4.69, 9.17) is 10.6 Å². The van der Waals surface area contributed by atoms with Crippen molar-refractivity contribution < 1.29 is 14.4 Å². The Bertz CT molecular complexity index is 382. The van der Waals surface area contributed by atoms with E-state index in [0.29, 0.717) is 5.92 Å². The first-order valence-electron chi connectivity index (χ1n) is 6.06. The van der Waals surface area contributed by atoms with E-state index in [-0.39, 0.29) is 13.0 Å². The third kappa shape index (κ3) is 4.35. The highest BCUT2D eigenvalue weighted by molar-refractivity contribution is 5.69. The molecule has 3 N–H and O–H groups in total. The number of nitrogens with two attached hydrogens (primary N) is 1. The summed E-state index contributed by atoms with van der Waals surface area (Å²) in [6.07, 6.45) is 1.19. The number of carbonyl (C=O) groups excluding carboxylic acids is 1. The number of hydrogen-bond acceptors (Lipinski definition) is 5. The monoisotopic (exact) mass is 252 g/mol. The Balaban J connectivity index is 2.54. The van der Waals surface area contributed by atoms with Crippen LogP contribution in [0.5, 0.6) is 5.75 Å². The lowest BCUT2D eigenvalue weighted by Gasteiger charge is -2.15. The topological polar surface area (TPSA) is 73.6 Å². The number of rotatable bonds is 7. The summed E-state index contributed by atoms with van der Waals surface area (Å²) in [5.41, 5.74) is 3.01. The Kier molecular flexibility index (Phi) is 6.18. The molecule has 5 nitrogen and oxygen atoms in total. The van der Waals surface area contributed by atoms with Gasteiger partial charge in [0.1, 0.15) is 5.75 Å². The molecule has 0 amide bonds. The van der Waals surface area contributed by atoms with Crippen molar-refractivity contribution in [2.75, 3.05) is 6.61 Å². The Morgan fingerprint density at radius 3 is 2.83 bits per heavy atom. The van der Waals surface area contributed by atoms with E-state index in [1.165, 1.54) is 0 Å². The van der Waals surface area contributed by atoms with Gasteiger partial charge in [-0.25, -0.2) is 5.84 Å². The van der Waals surface area contributed by atoms with E-state index >= 15 is 0 Å². The molecule has 1 rings (SSSR count). The van der Waals surface area contributed by atoms with Gasteiger partial charge in [0, 0.05) is 0 Å². The van der Waals surface area contributed by atoms with Crippen LogP contribution in [0.2, 0.25) is 0 Å². The summed E-state index contributed by atoms with van der Waals surface area (Å²) in [5.74, 6) is 5.66. The molecule has 0 radical (unpaired) electrons. The average molecular weight is 252 g/mol. The number of carbonyl (C=O) groups is 1. The Morgan fingerprint density at radius 1 is 1.44 bits per heavy atom. The van der Waals surface area contributed by atoms with Crippen LogP contribution in [0.4, 0.5) is 0 Å². The maximum Gasteiger partial charge on any atom is 0.329 e. The molecule has 0 saturated heterocycles.